The summed E-state index contributed by atoms with van der Waals surface area (Å²) in [5.74, 6) is -0.0593. The third-order valence-corrected chi connectivity index (χ3v) is 5.81. The van der Waals surface area contributed by atoms with Gasteiger partial charge in [-0.05, 0) is 29.6 Å². The first kappa shape index (κ1) is 16.3. The molecule has 1 atom stereocenters. The van der Waals surface area contributed by atoms with Gasteiger partial charge in [-0.1, -0.05) is 27.7 Å². The van der Waals surface area contributed by atoms with Gasteiger partial charge >= 0.3 is 5.97 Å². The van der Waals surface area contributed by atoms with E-state index in [-0.39, 0.29) is 29.2 Å². The highest BCUT2D eigenvalue weighted by atomic mass is 16.4. The van der Waals surface area contributed by atoms with Crippen LogP contribution in [0.25, 0.3) is 0 Å². The minimum atomic E-state index is -0.833. The number of amides is 1. The molecule has 0 aromatic carbocycles. The number of carboxylic acids is 1. The molecule has 5 heteroatoms. The summed E-state index contributed by atoms with van der Waals surface area (Å²) >= 11 is 0. The number of nitrogens with one attached hydrogen (secondary N) is 1. The third-order valence-electron chi connectivity index (χ3n) is 5.81. The fourth-order valence-electron chi connectivity index (χ4n) is 3.81. The van der Waals surface area contributed by atoms with Crippen LogP contribution in [0.5, 0.6) is 0 Å². The molecule has 1 unspecified atom stereocenters. The van der Waals surface area contributed by atoms with Gasteiger partial charge in [0.25, 0.3) is 0 Å². The van der Waals surface area contributed by atoms with Crippen LogP contribution in [-0.2, 0) is 9.59 Å². The first-order chi connectivity index (χ1) is 9.68. The molecular formula is C16H28N2O3. The molecule has 2 rings (SSSR count). The van der Waals surface area contributed by atoms with Gasteiger partial charge < -0.3 is 15.3 Å². The number of nitrogens with zero attached hydrogens (tertiary/aromatic N) is 1. The average Bonchev–Trinajstić information content (AvgIpc) is 2.79. The molecule has 1 aliphatic carbocycles. The number of rotatable bonds is 5. The number of carbonyl (C=O) groups excluding carboxylic acids is 1. The van der Waals surface area contributed by atoms with E-state index in [1.165, 1.54) is 0 Å². The number of likely N-dealkylation sites (tertiary alicyclic amines) is 1. The van der Waals surface area contributed by atoms with Crippen LogP contribution in [0.1, 0.15) is 40.5 Å². The molecule has 0 bridgehead atoms. The Bertz CT molecular complexity index is 417. The maximum atomic E-state index is 12.7. The van der Waals surface area contributed by atoms with Crippen LogP contribution in [0.2, 0.25) is 0 Å². The van der Waals surface area contributed by atoms with Crippen LogP contribution in [-0.4, -0.2) is 48.1 Å². The topological polar surface area (TPSA) is 69.6 Å². The van der Waals surface area contributed by atoms with Crippen molar-refractivity contribution in [2.24, 2.45) is 22.7 Å². The highest BCUT2D eigenvalue weighted by Crippen LogP contribution is 2.68. The summed E-state index contributed by atoms with van der Waals surface area (Å²) in [6.45, 7) is 11.0. The Balaban J connectivity index is 1.87. The van der Waals surface area contributed by atoms with Crippen molar-refractivity contribution in [1.82, 2.24) is 10.2 Å². The summed E-state index contributed by atoms with van der Waals surface area (Å²) < 4.78 is 0. The Hall–Kier alpha value is -1.10. The normalized spacial score (nSPS) is 27.4. The van der Waals surface area contributed by atoms with Gasteiger partial charge in [0.15, 0.2) is 0 Å². The molecule has 2 fully saturated rings. The molecule has 2 aliphatic rings. The first-order valence-electron chi connectivity index (χ1n) is 7.89. The summed E-state index contributed by atoms with van der Waals surface area (Å²) in [5.41, 5.74) is 0.164. The Labute approximate surface area is 127 Å². The average molecular weight is 296 g/mol. The maximum Gasteiger partial charge on any atom is 0.317 e. The van der Waals surface area contributed by atoms with E-state index in [9.17, 15) is 9.59 Å². The number of hydrogen-bond acceptors (Lipinski definition) is 3. The lowest BCUT2D eigenvalue weighted by molar-refractivity contribution is -0.137. The van der Waals surface area contributed by atoms with E-state index in [0.717, 1.165) is 25.9 Å². The predicted octanol–water partition coefficient (Wildman–Crippen LogP) is 1.58. The molecule has 0 radical (unpaired) electrons. The molecule has 1 saturated carbocycles. The van der Waals surface area contributed by atoms with Crippen molar-refractivity contribution in [3.8, 4) is 0 Å². The monoisotopic (exact) mass is 296 g/mol. The molecule has 5 nitrogen and oxygen atoms in total. The lowest BCUT2D eigenvalue weighted by Gasteiger charge is -2.33. The largest absolute Gasteiger partial charge is 0.480 e. The number of carbonyl (C=O) groups is 2. The van der Waals surface area contributed by atoms with Crippen LogP contribution < -0.4 is 5.32 Å². The summed E-state index contributed by atoms with van der Waals surface area (Å²) in [5, 5.41) is 11.6. The molecule has 0 spiro atoms. The second kappa shape index (κ2) is 5.59. The fraction of sp³-hybridized carbons (Fsp3) is 0.875. The fourth-order valence-corrected chi connectivity index (χ4v) is 3.81. The summed E-state index contributed by atoms with van der Waals surface area (Å²) in [4.78, 5) is 25.3. The van der Waals surface area contributed by atoms with Gasteiger partial charge in [0, 0.05) is 25.6 Å². The summed E-state index contributed by atoms with van der Waals surface area (Å²) in [7, 11) is 0. The molecule has 1 heterocycles. The van der Waals surface area contributed by atoms with E-state index < -0.39 is 5.97 Å². The molecule has 1 saturated heterocycles. The zero-order valence-corrected chi connectivity index (χ0v) is 13.6. The number of piperidine rings is 1. The Morgan fingerprint density at radius 1 is 1.24 bits per heavy atom. The molecule has 21 heavy (non-hydrogen) atoms. The van der Waals surface area contributed by atoms with Crippen LogP contribution in [0.15, 0.2) is 0 Å². The standard InChI is InChI=1S/C16H28N2O3/c1-15(2)13(16(15,3)4)14(21)18-7-5-6-11(10-18)8-17-9-12(19)20/h11,13,17H,5-10H2,1-4H3,(H,19,20). The van der Waals surface area contributed by atoms with E-state index in [4.69, 9.17) is 5.11 Å². The van der Waals surface area contributed by atoms with Crippen molar-refractivity contribution in [3.63, 3.8) is 0 Å². The lowest BCUT2D eigenvalue weighted by atomic mass is 9.97. The zero-order valence-electron chi connectivity index (χ0n) is 13.6. The van der Waals surface area contributed by atoms with E-state index in [2.05, 4.69) is 33.0 Å². The molecule has 1 aliphatic heterocycles. The molecule has 120 valence electrons. The molecular weight excluding hydrogens is 268 g/mol. The lowest BCUT2D eigenvalue weighted by Crippen LogP contribution is -2.44. The van der Waals surface area contributed by atoms with Gasteiger partial charge in [-0.25, -0.2) is 0 Å². The Morgan fingerprint density at radius 2 is 1.86 bits per heavy atom. The summed E-state index contributed by atoms with van der Waals surface area (Å²) in [6.07, 6.45) is 2.08. The quantitative estimate of drug-likeness (QED) is 0.808. The van der Waals surface area contributed by atoms with E-state index in [0.29, 0.717) is 12.5 Å². The summed E-state index contributed by atoms with van der Waals surface area (Å²) in [6, 6.07) is 0. The van der Waals surface area contributed by atoms with Crippen molar-refractivity contribution in [3.05, 3.63) is 0 Å². The molecule has 0 aromatic heterocycles. The van der Waals surface area contributed by atoms with Gasteiger partial charge in [0.1, 0.15) is 0 Å². The molecule has 2 N–H and O–H groups in total. The number of aliphatic carboxylic acids is 1. The highest BCUT2D eigenvalue weighted by Gasteiger charge is 2.68. The van der Waals surface area contributed by atoms with E-state index >= 15 is 0 Å². The van der Waals surface area contributed by atoms with Crippen LogP contribution >= 0.6 is 0 Å². The van der Waals surface area contributed by atoms with Gasteiger partial charge in [0.2, 0.25) is 5.91 Å². The molecule has 1 amide bonds. The minimum Gasteiger partial charge on any atom is -0.480 e. The van der Waals surface area contributed by atoms with Crippen molar-refractivity contribution in [2.45, 2.75) is 40.5 Å². The first-order valence-corrected chi connectivity index (χ1v) is 7.89. The second-order valence-electron chi connectivity index (χ2n) is 7.69. The van der Waals surface area contributed by atoms with Gasteiger partial charge in [-0.3, -0.25) is 9.59 Å². The van der Waals surface area contributed by atoms with Crippen molar-refractivity contribution < 1.29 is 14.7 Å². The number of carboxylic acid groups (broad SMARTS) is 1. The van der Waals surface area contributed by atoms with E-state index in [1.54, 1.807) is 0 Å². The maximum absolute atomic E-state index is 12.7. The smallest absolute Gasteiger partial charge is 0.317 e. The SMILES string of the molecule is CC1(C)C(C(=O)N2CCCC(CNCC(=O)O)C2)C1(C)C. The van der Waals surface area contributed by atoms with Crippen LogP contribution in [0, 0.1) is 22.7 Å². The van der Waals surface area contributed by atoms with Crippen molar-refractivity contribution in [2.75, 3.05) is 26.2 Å². The van der Waals surface area contributed by atoms with Crippen molar-refractivity contribution in [1.29, 1.82) is 0 Å². The van der Waals surface area contributed by atoms with Gasteiger partial charge in [-0.15, -0.1) is 0 Å². The Morgan fingerprint density at radius 3 is 2.38 bits per heavy atom. The number of hydrogen-bond donors (Lipinski definition) is 2. The van der Waals surface area contributed by atoms with Crippen molar-refractivity contribution >= 4 is 11.9 Å². The predicted molar refractivity (Wildman–Crippen MR) is 80.9 cm³/mol. The Kier molecular flexibility index (Phi) is 4.34. The van der Waals surface area contributed by atoms with Crippen LogP contribution in [0.4, 0.5) is 0 Å². The van der Waals surface area contributed by atoms with Gasteiger partial charge in [0.05, 0.1) is 6.54 Å². The van der Waals surface area contributed by atoms with Gasteiger partial charge in [-0.2, -0.15) is 0 Å². The third kappa shape index (κ3) is 3.07. The van der Waals surface area contributed by atoms with E-state index in [1.807, 2.05) is 4.90 Å². The molecule has 0 aromatic rings. The zero-order chi connectivity index (χ0) is 15.8. The highest BCUT2D eigenvalue weighted by molar-refractivity contribution is 5.84. The van der Waals surface area contributed by atoms with Crippen LogP contribution in [0.3, 0.4) is 0 Å². The minimum absolute atomic E-state index is 0.00681. The second-order valence-corrected chi connectivity index (χ2v) is 7.69.